The number of benzene rings is 1. The molecule has 76 valence electrons. The van der Waals surface area contributed by atoms with E-state index >= 15 is 0 Å². The van der Waals surface area contributed by atoms with E-state index in [1.54, 1.807) is 17.0 Å². The number of carbonyl (C=O) groups excluding carboxylic acids is 1. The predicted molar refractivity (Wildman–Crippen MR) is 52.8 cm³/mol. The van der Waals surface area contributed by atoms with Gasteiger partial charge in [0.05, 0.1) is 5.56 Å². The number of aromatic nitrogens is 1. The van der Waals surface area contributed by atoms with Gasteiger partial charge in [-0.05, 0) is 12.1 Å². The first kappa shape index (κ1) is 11.8. The van der Waals surface area contributed by atoms with Crippen LogP contribution in [0.3, 0.4) is 0 Å². The van der Waals surface area contributed by atoms with Crippen molar-refractivity contribution in [1.29, 1.82) is 0 Å². The van der Waals surface area contributed by atoms with Crippen molar-refractivity contribution in [2.75, 3.05) is 0 Å². The number of hydrogen-bond donors (Lipinski definition) is 0. The van der Waals surface area contributed by atoms with Crippen LogP contribution >= 0.6 is 0 Å². The number of rotatable bonds is 1. The summed E-state index contributed by atoms with van der Waals surface area (Å²) in [5.41, 5.74) is 0.698. The van der Waals surface area contributed by atoms with Crippen LogP contribution < -0.4 is 28.5 Å². The van der Waals surface area contributed by atoms with E-state index in [4.69, 9.17) is 0 Å². The van der Waals surface area contributed by atoms with Gasteiger partial charge in [0.1, 0.15) is 0 Å². The van der Waals surface area contributed by atoms with Crippen LogP contribution in [0, 0.1) is 0 Å². The molecule has 0 radical (unpaired) electrons. The molecule has 0 bridgehead atoms. The molecule has 1 aromatic carbocycles. The minimum atomic E-state index is -0.00815. The summed E-state index contributed by atoms with van der Waals surface area (Å²) < 4.78 is 1.56. The number of pyridine rings is 1. The first-order chi connectivity index (χ1) is 6.88. The van der Waals surface area contributed by atoms with Crippen molar-refractivity contribution in [2.24, 2.45) is 0 Å². The first-order valence-electron chi connectivity index (χ1n) is 4.44. The molecule has 0 atom stereocenters. The Balaban J connectivity index is 0.00000112. The van der Waals surface area contributed by atoms with E-state index in [-0.39, 0.29) is 29.9 Å². The summed E-state index contributed by atoms with van der Waals surface area (Å²) in [5.74, 6) is -0.00815. The summed E-state index contributed by atoms with van der Waals surface area (Å²) >= 11 is 0. The van der Waals surface area contributed by atoms with Gasteiger partial charge in [0.15, 0.2) is 12.4 Å². The summed E-state index contributed by atoms with van der Waals surface area (Å²) in [6.07, 6.45) is 3.49. The third kappa shape index (κ3) is 2.86. The van der Waals surface area contributed by atoms with E-state index in [0.717, 1.165) is 0 Å². The molecule has 0 spiro atoms. The van der Waals surface area contributed by atoms with E-state index in [1.165, 1.54) is 0 Å². The van der Waals surface area contributed by atoms with Gasteiger partial charge in [-0.1, -0.05) is 24.3 Å². The van der Waals surface area contributed by atoms with E-state index in [2.05, 4.69) is 0 Å². The Bertz CT molecular complexity index is 386. The first-order valence-corrected chi connectivity index (χ1v) is 4.44. The van der Waals surface area contributed by atoms with Crippen molar-refractivity contribution in [2.45, 2.75) is 0 Å². The summed E-state index contributed by atoms with van der Waals surface area (Å²) in [6.45, 7) is 0. The van der Waals surface area contributed by atoms with Crippen molar-refractivity contribution < 1.29 is 33.3 Å². The summed E-state index contributed by atoms with van der Waals surface area (Å²) in [4.78, 5) is 11.8. The van der Waals surface area contributed by atoms with Crippen LogP contribution in [0.4, 0.5) is 0 Å². The van der Waals surface area contributed by atoms with Crippen LogP contribution in [0.5, 0.6) is 0 Å². The third-order valence-corrected chi connectivity index (χ3v) is 1.97. The van der Waals surface area contributed by atoms with Gasteiger partial charge in [0, 0.05) is 12.1 Å². The smallest absolute Gasteiger partial charge is 0.424 e. The average Bonchev–Trinajstić information content (AvgIpc) is 2.30. The second-order valence-electron chi connectivity index (χ2n) is 2.95. The van der Waals surface area contributed by atoms with Crippen molar-refractivity contribution in [1.82, 2.24) is 0 Å². The highest BCUT2D eigenvalue weighted by Crippen LogP contribution is 1.97. The Morgan fingerprint density at radius 1 is 0.867 bits per heavy atom. The molecular weight excluding hydrogens is 301 g/mol. The molecule has 3 heteroatoms. The molecule has 1 heterocycles. The maximum atomic E-state index is 11.8. The molecule has 0 saturated carbocycles. The quantitative estimate of drug-likeness (QED) is 0.472. The van der Waals surface area contributed by atoms with E-state index in [1.807, 2.05) is 48.5 Å². The predicted octanol–water partition coefficient (Wildman–Crippen LogP) is -1.33. The molecular formula is C12H10INO. The Morgan fingerprint density at radius 3 is 2.00 bits per heavy atom. The molecule has 1 aromatic heterocycles. The highest BCUT2D eigenvalue weighted by atomic mass is 127. The molecule has 0 aliphatic carbocycles. The van der Waals surface area contributed by atoms with Crippen LogP contribution in [0.1, 0.15) is 10.4 Å². The topological polar surface area (TPSA) is 20.9 Å². The van der Waals surface area contributed by atoms with Gasteiger partial charge in [0.2, 0.25) is 0 Å². The third-order valence-electron chi connectivity index (χ3n) is 1.97. The maximum absolute atomic E-state index is 11.8. The van der Waals surface area contributed by atoms with Crippen LogP contribution in [0.15, 0.2) is 60.9 Å². The molecule has 15 heavy (non-hydrogen) atoms. The molecule has 0 N–H and O–H groups in total. The number of hydrogen-bond acceptors (Lipinski definition) is 1. The van der Waals surface area contributed by atoms with Gasteiger partial charge >= 0.3 is 5.91 Å². The monoisotopic (exact) mass is 311 g/mol. The Hall–Kier alpha value is -1.23. The van der Waals surface area contributed by atoms with Crippen LogP contribution in [0.25, 0.3) is 0 Å². The molecule has 0 aliphatic rings. The maximum Gasteiger partial charge on any atom is 0.424 e. The summed E-state index contributed by atoms with van der Waals surface area (Å²) in [7, 11) is 0. The van der Waals surface area contributed by atoms with Crippen molar-refractivity contribution >= 4 is 5.91 Å². The lowest BCUT2D eigenvalue weighted by Gasteiger charge is -1.93. The molecule has 0 amide bonds. The largest absolute Gasteiger partial charge is 1.00 e. The van der Waals surface area contributed by atoms with Gasteiger partial charge in [-0.3, -0.25) is 0 Å². The fourth-order valence-corrected chi connectivity index (χ4v) is 1.26. The Morgan fingerprint density at radius 2 is 1.40 bits per heavy atom. The normalized spacial score (nSPS) is 9.07. The van der Waals surface area contributed by atoms with Crippen molar-refractivity contribution in [3.63, 3.8) is 0 Å². The van der Waals surface area contributed by atoms with Crippen LogP contribution in [-0.2, 0) is 0 Å². The lowest BCUT2D eigenvalue weighted by atomic mass is 10.2. The Kier molecular flexibility index (Phi) is 4.42. The van der Waals surface area contributed by atoms with E-state index < -0.39 is 0 Å². The molecule has 2 nitrogen and oxygen atoms in total. The van der Waals surface area contributed by atoms with Gasteiger partial charge in [-0.15, -0.1) is 4.57 Å². The molecule has 2 rings (SSSR count). The minimum absolute atomic E-state index is 0. The van der Waals surface area contributed by atoms with Gasteiger partial charge < -0.3 is 24.0 Å². The van der Waals surface area contributed by atoms with Crippen LogP contribution in [0.2, 0.25) is 0 Å². The van der Waals surface area contributed by atoms with Gasteiger partial charge in [-0.25, -0.2) is 4.79 Å². The number of halogens is 1. The van der Waals surface area contributed by atoms with Gasteiger partial charge in [-0.2, -0.15) is 0 Å². The summed E-state index contributed by atoms with van der Waals surface area (Å²) in [6, 6.07) is 14.8. The van der Waals surface area contributed by atoms with Crippen molar-refractivity contribution in [3.05, 3.63) is 66.5 Å². The zero-order chi connectivity index (χ0) is 9.80. The fraction of sp³-hybridized carbons (Fsp3) is 0. The number of carbonyl (C=O) groups is 1. The standard InChI is InChI=1S/C12H10NO.HI/c14-12(11-7-3-1-4-8-11)13-9-5-2-6-10-13;/h1-10H;1H/q+1;/p-1. The minimum Gasteiger partial charge on any atom is -1.00 e. The molecule has 0 unspecified atom stereocenters. The van der Waals surface area contributed by atoms with E-state index in [0.29, 0.717) is 5.56 Å². The lowest BCUT2D eigenvalue weighted by molar-refractivity contribution is -0.570. The SMILES string of the molecule is O=C(c1ccccc1)[n+]1ccccc1.[I-]. The molecule has 0 aliphatic heterocycles. The second-order valence-corrected chi connectivity index (χ2v) is 2.95. The second kappa shape index (κ2) is 5.60. The molecule has 0 saturated heterocycles. The zero-order valence-electron chi connectivity index (χ0n) is 8.01. The molecule has 2 aromatic rings. The lowest BCUT2D eigenvalue weighted by Crippen LogP contribution is -3.00. The summed E-state index contributed by atoms with van der Waals surface area (Å²) in [5, 5.41) is 0. The van der Waals surface area contributed by atoms with Crippen molar-refractivity contribution in [3.8, 4) is 0 Å². The number of nitrogens with zero attached hydrogens (tertiary/aromatic N) is 1. The van der Waals surface area contributed by atoms with E-state index in [9.17, 15) is 4.79 Å². The Labute approximate surface area is 106 Å². The molecule has 0 fully saturated rings. The van der Waals surface area contributed by atoms with Gasteiger partial charge in [0.25, 0.3) is 0 Å². The fourth-order valence-electron chi connectivity index (χ4n) is 1.26. The van der Waals surface area contributed by atoms with Crippen LogP contribution in [-0.4, -0.2) is 5.91 Å². The highest BCUT2D eigenvalue weighted by molar-refractivity contribution is 5.86. The zero-order valence-corrected chi connectivity index (χ0v) is 10.2. The average molecular weight is 311 g/mol. The highest BCUT2D eigenvalue weighted by Gasteiger charge is 2.14.